The van der Waals surface area contributed by atoms with Crippen molar-refractivity contribution in [2.75, 3.05) is 0 Å². The third-order valence-corrected chi connectivity index (χ3v) is 5.52. The molecule has 2 aromatic heterocycles. The second-order valence-electron chi connectivity index (χ2n) is 6.03. The number of fused-ring (bicyclic) bond motifs is 1. The standard InChI is InChI=1S/C21H18N2OS/c1-2-18-12-19-20(25-18)22-14-23(21(19)24)13-15-8-10-17(11-9-15)16-6-4-3-5-7-16/h3-12,14H,2,13H2,1H3. The Hall–Kier alpha value is -2.72. The third-order valence-electron chi connectivity index (χ3n) is 4.33. The number of rotatable bonds is 4. The molecule has 0 N–H and O–H groups in total. The summed E-state index contributed by atoms with van der Waals surface area (Å²) in [6.07, 6.45) is 2.59. The van der Waals surface area contributed by atoms with Crippen LogP contribution in [0.2, 0.25) is 0 Å². The molecule has 0 saturated heterocycles. The van der Waals surface area contributed by atoms with Gasteiger partial charge in [-0.2, -0.15) is 0 Å². The van der Waals surface area contributed by atoms with E-state index in [0.717, 1.165) is 22.2 Å². The van der Waals surface area contributed by atoms with Gasteiger partial charge in [0.15, 0.2) is 0 Å². The van der Waals surface area contributed by atoms with Crippen LogP contribution in [0.5, 0.6) is 0 Å². The first-order valence-corrected chi connectivity index (χ1v) is 9.18. The summed E-state index contributed by atoms with van der Waals surface area (Å²) in [5.41, 5.74) is 3.50. The van der Waals surface area contributed by atoms with Crippen molar-refractivity contribution in [3.8, 4) is 11.1 Å². The van der Waals surface area contributed by atoms with Crippen LogP contribution in [0.1, 0.15) is 17.4 Å². The molecule has 124 valence electrons. The molecule has 3 nitrogen and oxygen atoms in total. The predicted molar refractivity (Wildman–Crippen MR) is 104 cm³/mol. The van der Waals surface area contributed by atoms with Gasteiger partial charge in [0.2, 0.25) is 0 Å². The zero-order valence-electron chi connectivity index (χ0n) is 14.0. The molecule has 0 aliphatic carbocycles. The highest BCUT2D eigenvalue weighted by Crippen LogP contribution is 2.22. The summed E-state index contributed by atoms with van der Waals surface area (Å²) >= 11 is 1.60. The van der Waals surface area contributed by atoms with Gasteiger partial charge < -0.3 is 0 Å². The van der Waals surface area contributed by atoms with Crippen molar-refractivity contribution in [3.63, 3.8) is 0 Å². The Morgan fingerprint density at radius 1 is 1.00 bits per heavy atom. The van der Waals surface area contributed by atoms with Gasteiger partial charge in [-0.25, -0.2) is 4.98 Å². The van der Waals surface area contributed by atoms with E-state index in [2.05, 4.69) is 48.3 Å². The Kier molecular flexibility index (Phi) is 4.20. The van der Waals surface area contributed by atoms with Gasteiger partial charge in [0.1, 0.15) is 4.83 Å². The minimum Gasteiger partial charge on any atom is -0.294 e. The molecule has 4 aromatic rings. The molecule has 0 unspecified atom stereocenters. The fourth-order valence-corrected chi connectivity index (χ4v) is 3.85. The van der Waals surface area contributed by atoms with Crippen LogP contribution in [0.4, 0.5) is 0 Å². The van der Waals surface area contributed by atoms with E-state index in [4.69, 9.17) is 0 Å². The molecular formula is C21H18N2OS. The number of aryl methyl sites for hydroxylation is 1. The zero-order valence-corrected chi connectivity index (χ0v) is 14.8. The fourth-order valence-electron chi connectivity index (χ4n) is 2.93. The van der Waals surface area contributed by atoms with Crippen LogP contribution in [0.15, 0.2) is 71.8 Å². The highest BCUT2D eigenvalue weighted by atomic mass is 32.1. The van der Waals surface area contributed by atoms with Gasteiger partial charge >= 0.3 is 0 Å². The van der Waals surface area contributed by atoms with E-state index in [9.17, 15) is 4.79 Å². The van der Waals surface area contributed by atoms with Crippen molar-refractivity contribution in [2.45, 2.75) is 19.9 Å². The Balaban J connectivity index is 1.63. The van der Waals surface area contributed by atoms with Crippen LogP contribution in [0.3, 0.4) is 0 Å². The van der Waals surface area contributed by atoms with Crippen molar-refractivity contribution in [1.82, 2.24) is 9.55 Å². The van der Waals surface area contributed by atoms with Crippen molar-refractivity contribution in [3.05, 3.63) is 87.8 Å². The maximum absolute atomic E-state index is 12.7. The van der Waals surface area contributed by atoms with Gasteiger partial charge in [-0.3, -0.25) is 9.36 Å². The van der Waals surface area contributed by atoms with Gasteiger partial charge in [0.05, 0.1) is 18.3 Å². The Bertz CT molecular complexity index is 1060. The van der Waals surface area contributed by atoms with E-state index in [-0.39, 0.29) is 5.56 Å². The molecule has 0 saturated carbocycles. The van der Waals surface area contributed by atoms with Crippen LogP contribution in [-0.2, 0) is 13.0 Å². The Morgan fingerprint density at radius 3 is 2.44 bits per heavy atom. The number of benzene rings is 2. The first-order chi connectivity index (χ1) is 12.2. The largest absolute Gasteiger partial charge is 0.294 e. The van der Waals surface area contributed by atoms with E-state index in [1.54, 1.807) is 22.2 Å². The first-order valence-electron chi connectivity index (χ1n) is 8.37. The minimum absolute atomic E-state index is 0.0353. The molecule has 0 radical (unpaired) electrons. The summed E-state index contributed by atoms with van der Waals surface area (Å²) in [4.78, 5) is 19.2. The minimum atomic E-state index is 0.0353. The number of hydrogen-bond acceptors (Lipinski definition) is 3. The molecule has 0 aliphatic rings. The summed E-state index contributed by atoms with van der Waals surface area (Å²) in [5.74, 6) is 0. The second kappa shape index (κ2) is 6.65. The lowest BCUT2D eigenvalue weighted by Gasteiger charge is -2.07. The third kappa shape index (κ3) is 3.13. The number of hydrogen-bond donors (Lipinski definition) is 0. The van der Waals surface area contributed by atoms with E-state index < -0.39 is 0 Å². The molecule has 0 amide bonds. The van der Waals surface area contributed by atoms with Gasteiger partial charge in [-0.05, 0) is 29.2 Å². The maximum atomic E-state index is 12.7. The molecule has 4 heteroatoms. The van der Waals surface area contributed by atoms with Gasteiger partial charge in [-0.15, -0.1) is 11.3 Å². The number of aromatic nitrogens is 2. The molecule has 0 bridgehead atoms. The number of nitrogens with zero attached hydrogens (tertiary/aromatic N) is 2. The molecule has 4 rings (SSSR count). The fraction of sp³-hybridized carbons (Fsp3) is 0.143. The Labute approximate surface area is 150 Å². The summed E-state index contributed by atoms with van der Waals surface area (Å²) in [5, 5.41) is 0.727. The lowest BCUT2D eigenvalue weighted by Crippen LogP contribution is -2.20. The second-order valence-corrected chi connectivity index (χ2v) is 7.14. The molecule has 0 spiro atoms. The van der Waals surface area contributed by atoms with Crippen LogP contribution >= 0.6 is 11.3 Å². The lowest BCUT2D eigenvalue weighted by atomic mass is 10.0. The summed E-state index contributed by atoms with van der Waals surface area (Å²) in [6.45, 7) is 2.63. The van der Waals surface area contributed by atoms with Crippen LogP contribution < -0.4 is 5.56 Å². The normalized spacial score (nSPS) is 11.1. The van der Waals surface area contributed by atoms with Crippen LogP contribution in [0, 0.1) is 0 Å². The highest BCUT2D eigenvalue weighted by Gasteiger charge is 2.08. The van der Waals surface area contributed by atoms with Gasteiger partial charge in [-0.1, -0.05) is 61.5 Å². The van der Waals surface area contributed by atoms with Gasteiger partial charge in [0.25, 0.3) is 5.56 Å². The lowest BCUT2D eigenvalue weighted by molar-refractivity contribution is 0.749. The van der Waals surface area contributed by atoms with Crippen molar-refractivity contribution < 1.29 is 0 Å². The average molecular weight is 346 g/mol. The topological polar surface area (TPSA) is 34.9 Å². The smallest absolute Gasteiger partial charge is 0.262 e. The summed E-state index contributed by atoms with van der Waals surface area (Å²) in [7, 11) is 0. The molecule has 0 aliphatic heterocycles. The van der Waals surface area contributed by atoms with Crippen LogP contribution in [0.25, 0.3) is 21.3 Å². The van der Waals surface area contributed by atoms with E-state index in [0.29, 0.717) is 6.54 Å². The van der Waals surface area contributed by atoms with Crippen molar-refractivity contribution >= 4 is 21.6 Å². The molecular weight excluding hydrogens is 328 g/mol. The monoisotopic (exact) mass is 346 g/mol. The molecule has 2 heterocycles. The summed E-state index contributed by atoms with van der Waals surface area (Å²) in [6, 6.07) is 20.6. The first kappa shape index (κ1) is 15.8. The SMILES string of the molecule is CCc1cc2c(=O)n(Cc3ccc(-c4ccccc4)cc3)cnc2s1. The summed E-state index contributed by atoms with van der Waals surface area (Å²) < 4.78 is 1.69. The molecule has 0 atom stereocenters. The van der Waals surface area contributed by atoms with E-state index in [1.807, 2.05) is 24.3 Å². The highest BCUT2D eigenvalue weighted by molar-refractivity contribution is 7.18. The Morgan fingerprint density at radius 2 is 1.72 bits per heavy atom. The molecule has 0 fully saturated rings. The van der Waals surface area contributed by atoms with Crippen molar-refractivity contribution in [1.29, 1.82) is 0 Å². The van der Waals surface area contributed by atoms with Crippen molar-refractivity contribution in [2.24, 2.45) is 0 Å². The quantitative estimate of drug-likeness (QED) is 0.535. The van der Waals surface area contributed by atoms with E-state index in [1.165, 1.54) is 16.0 Å². The van der Waals surface area contributed by atoms with Gasteiger partial charge in [0, 0.05) is 4.88 Å². The predicted octanol–water partition coefficient (Wildman–Crippen LogP) is 4.74. The van der Waals surface area contributed by atoms with E-state index >= 15 is 0 Å². The maximum Gasteiger partial charge on any atom is 0.262 e. The average Bonchev–Trinajstić information content (AvgIpc) is 3.10. The van der Waals surface area contributed by atoms with Crippen LogP contribution in [-0.4, -0.2) is 9.55 Å². The molecule has 2 aromatic carbocycles. The zero-order chi connectivity index (χ0) is 17.2. The molecule has 25 heavy (non-hydrogen) atoms. The number of thiophene rings is 1.